The molecule has 0 aliphatic heterocycles. The van der Waals surface area contributed by atoms with E-state index in [0.29, 0.717) is 6.42 Å². The third-order valence-electron chi connectivity index (χ3n) is 3.33. The van der Waals surface area contributed by atoms with Crippen LogP contribution in [0.2, 0.25) is 0 Å². The maximum absolute atomic E-state index is 11.7. The fourth-order valence-electron chi connectivity index (χ4n) is 2.49. The van der Waals surface area contributed by atoms with Crippen LogP contribution in [-0.2, 0) is 4.79 Å². The van der Waals surface area contributed by atoms with E-state index >= 15 is 0 Å². The zero-order valence-electron chi connectivity index (χ0n) is 11.7. The highest BCUT2D eigenvalue weighted by atomic mass is 16.3. The van der Waals surface area contributed by atoms with E-state index in [0.717, 1.165) is 23.4 Å². The van der Waals surface area contributed by atoms with E-state index in [9.17, 15) is 9.90 Å². The van der Waals surface area contributed by atoms with Crippen LogP contribution >= 0.6 is 0 Å². The molecule has 19 heavy (non-hydrogen) atoms. The number of ketones is 1. The zero-order valence-corrected chi connectivity index (χ0v) is 11.7. The molecule has 0 amide bonds. The van der Waals surface area contributed by atoms with Crippen molar-refractivity contribution in [3.63, 3.8) is 0 Å². The summed E-state index contributed by atoms with van der Waals surface area (Å²) >= 11 is 0. The van der Waals surface area contributed by atoms with Crippen LogP contribution in [0.3, 0.4) is 0 Å². The Bertz CT molecular complexity index is 515. The minimum absolute atomic E-state index is 0.00997. The third-order valence-corrected chi connectivity index (χ3v) is 3.33. The highest BCUT2D eigenvalue weighted by Gasteiger charge is 2.27. The SMILES string of the molecule is C[C@H](O)c1cccc(NC2=CC(=O)CC(C)(C)C2)c1. The van der Waals surface area contributed by atoms with Crippen molar-refractivity contribution in [3.8, 4) is 0 Å². The Labute approximate surface area is 114 Å². The molecular weight excluding hydrogens is 238 g/mol. The van der Waals surface area contributed by atoms with E-state index in [4.69, 9.17) is 0 Å². The van der Waals surface area contributed by atoms with E-state index < -0.39 is 6.10 Å². The van der Waals surface area contributed by atoms with E-state index in [-0.39, 0.29) is 11.2 Å². The topological polar surface area (TPSA) is 49.3 Å². The molecule has 0 saturated heterocycles. The number of carbonyl (C=O) groups excluding carboxylic acids is 1. The summed E-state index contributed by atoms with van der Waals surface area (Å²) in [5, 5.41) is 12.9. The Morgan fingerprint density at radius 2 is 2.05 bits per heavy atom. The summed E-state index contributed by atoms with van der Waals surface area (Å²) < 4.78 is 0. The molecule has 0 bridgehead atoms. The molecule has 3 nitrogen and oxygen atoms in total. The number of benzene rings is 1. The smallest absolute Gasteiger partial charge is 0.157 e. The summed E-state index contributed by atoms with van der Waals surface area (Å²) in [6, 6.07) is 7.65. The van der Waals surface area contributed by atoms with Crippen LogP contribution in [0.5, 0.6) is 0 Å². The Balaban J connectivity index is 2.17. The predicted octanol–water partition coefficient (Wildman–Crippen LogP) is 3.42. The van der Waals surface area contributed by atoms with E-state index in [1.165, 1.54) is 0 Å². The monoisotopic (exact) mass is 259 g/mol. The van der Waals surface area contributed by atoms with Crippen LogP contribution in [0.15, 0.2) is 36.0 Å². The van der Waals surface area contributed by atoms with Crippen LogP contribution in [0.1, 0.15) is 45.3 Å². The molecule has 1 aliphatic carbocycles. The molecule has 102 valence electrons. The standard InChI is InChI=1S/C16H21NO2/c1-11(18)12-5-4-6-13(7-12)17-14-8-15(19)10-16(2,3)9-14/h4-8,11,17-18H,9-10H2,1-3H3/t11-/m0/s1. The van der Waals surface area contributed by atoms with Crippen molar-refractivity contribution in [3.05, 3.63) is 41.6 Å². The molecular formula is C16H21NO2. The van der Waals surface area contributed by atoms with Crippen LogP contribution in [-0.4, -0.2) is 10.9 Å². The molecule has 0 fully saturated rings. The van der Waals surface area contributed by atoms with Crippen LogP contribution < -0.4 is 5.32 Å². The number of allylic oxidation sites excluding steroid dienone is 2. The maximum atomic E-state index is 11.7. The molecule has 1 aromatic carbocycles. The third kappa shape index (κ3) is 3.67. The number of carbonyl (C=O) groups is 1. The van der Waals surface area contributed by atoms with Crippen molar-refractivity contribution in [1.29, 1.82) is 0 Å². The molecule has 0 unspecified atom stereocenters. The molecule has 3 heteroatoms. The van der Waals surface area contributed by atoms with Gasteiger partial charge < -0.3 is 10.4 Å². The van der Waals surface area contributed by atoms with Crippen LogP contribution in [0.25, 0.3) is 0 Å². The molecule has 2 rings (SSSR count). The van der Waals surface area contributed by atoms with Gasteiger partial charge in [0.2, 0.25) is 0 Å². The van der Waals surface area contributed by atoms with Crippen molar-refractivity contribution in [2.75, 3.05) is 5.32 Å². The summed E-state index contributed by atoms with van der Waals surface area (Å²) in [5.41, 5.74) is 2.74. The van der Waals surface area contributed by atoms with E-state index in [2.05, 4.69) is 19.2 Å². The average Bonchev–Trinajstić information content (AvgIpc) is 2.26. The number of nitrogens with one attached hydrogen (secondary N) is 1. The summed E-state index contributed by atoms with van der Waals surface area (Å²) in [6.45, 7) is 5.95. The molecule has 0 heterocycles. The highest BCUT2D eigenvalue weighted by molar-refractivity contribution is 5.92. The summed E-state index contributed by atoms with van der Waals surface area (Å²) in [5.74, 6) is 0.172. The Kier molecular flexibility index (Phi) is 3.76. The lowest BCUT2D eigenvalue weighted by atomic mass is 9.79. The van der Waals surface area contributed by atoms with Crippen LogP contribution in [0, 0.1) is 5.41 Å². The molecule has 0 aromatic heterocycles. The van der Waals surface area contributed by atoms with Gasteiger partial charge in [-0.05, 0) is 36.5 Å². The molecule has 1 aromatic rings. The molecule has 1 aliphatic rings. The molecule has 1 atom stereocenters. The number of aliphatic hydroxyl groups is 1. The van der Waals surface area contributed by atoms with Gasteiger partial charge in [0, 0.05) is 23.9 Å². The van der Waals surface area contributed by atoms with Gasteiger partial charge in [0.05, 0.1) is 6.10 Å². The van der Waals surface area contributed by atoms with Crippen molar-refractivity contribution < 1.29 is 9.90 Å². The molecule has 0 radical (unpaired) electrons. The van der Waals surface area contributed by atoms with E-state index in [1.807, 2.05) is 24.3 Å². The fraction of sp³-hybridized carbons (Fsp3) is 0.438. The van der Waals surface area contributed by atoms with Gasteiger partial charge in [-0.25, -0.2) is 0 Å². The van der Waals surface area contributed by atoms with Gasteiger partial charge in [-0.15, -0.1) is 0 Å². The van der Waals surface area contributed by atoms with Crippen molar-refractivity contribution in [1.82, 2.24) is 0 Å². The average molecular weight is 259 g/mol. The van der Waals surface area contributed by atoms with Gasteiger partial charge in [0.1, 0.15) is 0 Å². The summed E-state index contributed by atoms with van der Waals surface area (Å²) in [7, 11) is 0. The number of aliphatic hydroxyl groups excluding tert-OH is 1. The lowest BCUT2D eigenvalue weighted by Gasteiger charge is -2.29. The quantitative estimate of drug-likeness (QED) is 0.874. The highest BCUT2D eigenvalue weighted by Crippen LogP contribution is 2.34. The van der Waals surface area contributed by atoms with Crippen molar-refractivity contribution in [2.45, 2.75) is 39.7 Å². The predicted molar refractivity (Wildman–Crippen MR) is 76.8 cm³/mol. The normalized spacial score (nSPS) is 19.8. The van der Waals surface area contributed by atoms with Gasteiger partial charge in [-0.3, -0.25) is 4.79 Å². The Morgan fingerprint density at radius 3 is 2.68 bits per heavy atom. The number of hydrogen-bond acceptors (Lipinski definition) is 3. The first-order valence-corrected chi connectivity index (χ1v) is 6.64. The minimum atomic E-state index is -0.486. The van der Waals surface area contributed by atoms with Gasteiger partial charge in [0.15, 0.2) is 5.78 Å². The summed E-state index contributed by atoms with van der Waals surface area (Å²) in [4.78, 5) is 11.7. The van der Waals surface area contributed by atoms with Gasteiger partial charge >= 0.3 is 0 Å². The molecule has 2 N–H and O–H groups in total. The Morgan fingerprint density at radius 1 is 1.32 bits per heavy atom. The zero-order chi connectivity index (χ0) is 14.0. The van der Waals surface area contributed by atoms with Gasteiger partial charge in [-0.1, -0.05) is 26.0 Å². The number of rotatable bonds is 3. The molecule has 0 spiro atoms. The second-order valence-corrected chi connectivity index (χ2v) is 6.08. The lowest BCUT2D eigenvalue weighted by Crippen LogP contribution is -2.24. The van der Waals surface area contributed by atoms with Crippen LogP contribution in [0.4, 0.5) is 5.69 Å². The maximum Gasteiger partial charge on any atom is 0.157 e. The first-order valence-electron chi connectivity index (χ1n) is 6.64. The minimum Gasteiger partial charge on any atom is -0.389 e. The number of anilines is 1. The van der Waals surface area contributed by atoms with Crippen molar-refractivity contribution >= 4 is 11.5 Å². The second kappa shape index (κ2) is 5.17. The summed E-state index contributed by atoms with van der Waals surface area (Å²) in [6.07, 6.45) is 2.67. The first kappa shape index (κ1) is 13.8. The van der Waals surface area contributed by atoms with E-state index in [1.54, 1.807) is 13.0 Å². The number of hydrogen-bond donors (Lipinski definition) is 2. The molecule has 0 saturated carbocycles. The second-order valence-electron chi connectivity index (χ2n) is 6.08. The van der Waals surface area contributed by atoms with Gasteiger partial charge in [-0.2, -0.15) is 0 Å². The largest absolute Gasteiger partial charge is 0.389 e. The lowest BCUT2D eigenvalue weighted by molar-refractivity contribution is -0.117. The van der Waals surface area contributed by atoms with Crippen molar-refractivity contribution in [2.24, 2.45) is 5.41 Å². The Hall–Kier alpha value is -1.61. The van der Waals surface area contributed by atoms with Gasteiger partial charge in [0.25, 0.3) is 0 Å². The fourth-order valence-corrected chi connectivity index (χ4v) is 2.49. The first-order chi connectivity index (χ1) is 8.85.